The summed E-state index contributed by atoms with van der Waals surface area (Å²) in [6, 6.07) is 8.34. The van der Waals surface area contributed by atoms with Crippen molar-refractivity contribution >= 4 is 11.0 Å². The predicted molar refractivity (Wildman–Crippen MR) is 103 cm³/mol. The van der Waals surface area contributed by atoms with Gasteiger partial charge in [-0.15, -0.1) is 0 Å². The van der Waals surface area contributed by atoms with E-state index in [1.165, 1.54) is 30.3 Å². The molecular formula is C21H22O6. The van der Waals surface area contributed by atoms with Crippen LogP contribution in [0.3, 0.4) is 0 Å². The summed E-state index contributed by atoms with van der Waals surface area (Å²) in [7, 11) is 0. The number of rotatable bonds is 7. The normalized spacial score (nSPS) is 11.0. The van der Waals surface area contributed by atoms with Gasteiger partial charge in [-0.25, -0.2) is 0 Å². The molecule has 27 heavy (non-hydrogen) atoms. The highest BCUT2D eigenvalue weighted by Crippen LogP contribution is 2.34. The highest BCUT2D eigenvalue weighted by molar-refractivity contribution is 5.86. The van der Waals surface area contributed by atoms with E-state index in [1.54, 1.807) is 6.07 Å². The highest BCUT2D eigenvalue weighted by atomic mass is 16.5. The summed E-state index contributed by atoms with van der Waals surface area (Å²) in [6.45, 7) is 2.65. The van der Waals surface area contributed by atoms with Crippen molar-refractivity contribution in [2.75, 3.05) is 6.61 Å². The number of benzene rings is 2. The van der Waals surface area contributed by atoms with Crippen molar-refractivity contribution in [2.24, 2.45) is 0 Å². The lowest BCUT2D eigenvalue weighted by molar-refractivity contribution is 0.303. The Labute approximate surface area is 156 Å². The predicted octanol–water partition coefficient (Wildman–Crippen LogP) is 4.54. The van der Waals surface area contributed by atoms with Gasteiger partial charge in [0.15, 0.2) is 16.9 Å². The minimum Gasteiger partial charge on any atom is -0.507 e. The quantitative estimate of drug-likeness (QED) is 0.417. The Morgan fingerprint density at radius 3 is 2.48 bits per heavy atom. The summed E-state index contributed by atoms with van der Waals surface area (Å²) in [5.41, 5.74) is 0.203. The van der Waals surface area contributed by atoms with Gasteiger partial charge in [0.25, 0.3) is 0 Å². The zero-order chi connectivity index (χ0) is 19.4. The maximum atomic E-state index is 12.4. The van der Waals surface area contributed by atoms with E-state index in [9.17, 15) is 20.1 Å². The van der Waals surface area contributed by atoms with Crippen LogP contribution in [0.5, 0.6) is 23.0 Å². The van der Waals surface area contributed by atoms with Gasteiger partial charge in [0.05, 0.1) is 6.61 Å². The van der Waals surface area contributed by atoms with Gasteiger partial charge in [-0.1, -0.05) is 26.2 Å². The zero-order valence-electron chi connectivity index (χ0n) is 15.1. The molecule has 0 atom stereocenters. The minimum absolute atomic E-state index is 0.0695. The SMILES string of the molecule is CCCCCCOc1cc(O)c2c(=O)cc(-c3ccc(O)c(O)c3)oc2c1. The molecule has 0 radical (unpaired) electrons. The van der Waals surface area contributed by atoms with E-state index < -0.39 is 5.43 Å². The molecule has 1 aromatic heterocycles. The van der Waals surface area contributed by atoms with E-state index in [4.69, 9.17) is 9.15 Å². The standard InChI is InChI=1S/C21H22O6/c1-2-3-4-5-8-26-14-10-17(24)21-18(25)12-19(27-20(21)11-14)13-6-7-15(22)16(23)9-13/h6-7,9-12,22-24H,2-5,8H2,1H3. The molecule has 0 aliphatic heterocycles. The van der Waals surface area contributed by atoms with E-state index in [-0.39, 0.29) is 34.0 Å². The first-order valence-corrected chi connectivity index (χ1v) is 8.95. The van der Waals surface area contributed by atoms with E-state index in [0.717, 1.165) is 25.7 Å². The third kappa shape index (κ3) is 4.16. The van der Waals surface area contributed by atoms with Gasteiger partial charge in [0, 0.05) is 23.8 Å². The van der Waals surface area contributed by atoms with Crippen LogP contribution in [-0.4, -0.2) is 21.9 Å². The van der Waals surface area contributed by atoms with Crippen molar-refractivity contribution < 1.29 is 24.5 Å². The molecule has 2 aromatic carbocycles. The Kier molecular flexibility index (Phi) is 5.54. The molecule has 0 bridgehead atoms. The van der Waals surface area contributed by atoms with Crippen molar-refractivity contribution in [3.05, 3.63) is 46.6 Å². The van der Waals surface area contributed by atoms with Crippen LogP contribution in [0.2, 0.25) is 0 Å². The summed E-state index contributed by atoms with van der Waals surface area (Å²) in [4.78, 5) is 12.4. The fourth-order valence-corrected chi connectivity index (χ4v) is 2.86. The van der Waals surface area contributed by atoms with Crippen LogP contribution in [0, 0.1) is 0 Å². The maximum Gasteiger partial charge on any atom is 0.197 e. The van der Waals surface area contributed by atoms with Gasteiger partial charge < -0.3 is 24.5 Å². The Hall–Kier alpha value is -3.15. The monoisotopic (exact) mass is 370 g/mol. The summed E-state index contributed by atoms with van der Waals surface area (Å²) in [5, 5.41) is 29.4. The number of hydrogen-bond acceptors (Lipinski definition) is 6. The third-order valence-electron chi connectivity index (χ3n) is 4.31. The second-order valence-corrected chi connectivity index (χ2v) is 6.40. The van der Waals surface area contributed by atoms with Crippen LogP contribution in [0.25, 0.3) is 22.3 Å². The van der Waals surface area contributed by atoms with Crippen LogP contribution >= 0.6 is 0 Å². The molecule has 3 aromatic rings. The zero-order valence-corrected chi connectivity index (χ0v) is 15.1. The first kappa shape index (κ1) is 18.6. The van der Waals surface area contributed by atoms with Gasteiger partial charge in [0.1, 0.15) is 28.2 Å². The van der Waals surface area contributed by atoms with Crippen molar-refractivity contribution in [3.8, 4) is 34.3 Å². The maximum absolute atomic E-state index is 12.4. The van der Waals surface area contributed by atoms with Gasteiger partial charge in [-0.05, 0) is 24.6 Å². The molecular weight excluding hydrogens is 348 g/mol. The molecule has 0 spiro atoms. The summed E-state index contributed by atoms with van der Waals surface area (Å²) >= 11 is 0. The molecule has 142 valence electrons. The molecule has 6 nitrogen and oxygen atoms in total. The van der Waals surface area contributed by atoms with Gasteiger partial charge >= 0.3 is 0 Å². The number of ether oxygens (including phenoxy) is 1. The Morgan fingerprint density at radius 1 is 0.926 bits per heavy atom. The molecule has 0 fully saturated rings. The Bertz CT molecular complexity index is 1010. The number of fused-ring (bicyclic) bond motifs is 1. The fourth-order valence-electron chi connectivity index (χ4n) is 2.86. The van der Waals surface area contributed by atoms with E-state index in [0.29, 0.717) is 17.9 Å². The summed E-state index contributed by atoms with van der Waals surface area (Å²) in [6.07, 6.45) is 4.25. The second kappa shape index (κ2) is 8.03. The minimum atomic E-state index is -0.411. The van der Waals surface area contributed by atoms with Crippen LogP contribution < -0.4 is 10.2 Å². The first-order valence-electron chi connectivity index (χ1n) is 8.95. The molecule has 3 N–H and O–H groups in total. The number of hydrogen-bond donors (Lipinski definition) is 3. The van der Waals surface area contributed by atoms with Crippen LogP contribution in [0.4, 0.5) is 0 Å². The fraction of sp³-hybridized carbons (Fsp3) is 0.286. The summed E-state index contributed by atoms with van der Waals surface area (Å²) in [5.74, 6) is -0.155. The smallest absolute Gasteiger partial charge is 0.197 e. The van der Waals surface area contributed by atoms with Crippen molar-refractivity contribution in [1.82, 2.24) is 0 Å². The number of phenols is 3. The van der Waals surface area contributed by atoms with Crippen LogP contribution in [0.1, 0.15) is 32.6 Å². The first-order chi connectivity index (χ1) is 13.0. The molecule has 3 rings (SSSR count). The molecule has 0 aliphatic rings. The number of unbranched alkanes of at least 4 members (excludes halogenated alkanes) is 3. The average molecular weight is 370 g/mol. The topological polar surface area (TPSA) is 100 Å². The Balaban J connectivity index is 1.94. The summed E-state index contributed by atoms with van der Waals surface area (Å²) < 4.78 is 11.4. The molecule has 0 amide bonds. The van der Waals surface area contributed by atoms with Gasteiger partial charge in [-0.3, -0.25) is 4.79 Å². The van der Waals surface area contributed by atoms with Crippen LogP contribution in [-0.2, 0) is 0 Å². The molecule has 0 unspecified atom stereocenters. The lowest BCUT2D eigenvalue weighted by Crippen LogP contribution is -2.02. The molecule has 0 saturated carbocycles. The second-order valence-electron chi connectivity index (χ2n) is 6.40. The number of phenolic OH excluding ortho intramolecular Hbond substituents is 3. The molecule has 0 aliphatic carbocycles. The highest BCUT2D eigenvalue weighted by Gasteiger charge is 2.14. The van der Waals surface area contributed by atoms with E-state index >= 15 is 0 Å². The molecule has 1 heterocycles. The van der Waals surface area contributed by atoms with Crippen LogP contribution in [0.15, 0.2) is 45.6 Å². The van der Waals surface area contributed by atoms with Gasteiger partial charge in [-0.2, -0.15) is 0 Å². The van der Waals surface area contributed by atoms with Crippen molar-refractivity contribution in [2.45, 2.75) is 32.6 Å². The third-order valence-corrected chi connectivity index (χ3v) is 4.31. The van der Waals surface area contributed by atoms with Gasteiger partial charge in [0.2, 0.25) is 0 Å². The van der Waals surface area contributed by atoms with E-state index in [1.807, 2.05) is 0 Å². The largest absolute Gasteiger partial charge is 0.507 e. The molecule has 0 saturated heterocycles. The lowest BCUT2D eigenvalue weighted by Gasteiger charge is -2.09. The van der Waals surface area contributed by atoms with Crippen molar-refractivity contribution in [1.29, 1.82) is 0 Å². The average Bonchev–Trinajstić information content (AvgIpc) is 2.63. The van der Waals surface area contributed by atoms with E-state index in [2.05, 4.69) is 6.92 Å². The number of aromatic hydroxyl groups is 3. The Morgan fingerprint density at radius 2 is 1.74 bits per heavy atom. The van der Waals surface area contributed by atoms with Crippen molar-refractivity contribution in [3.63, 3.8) is 0 Å². The lowest BCUT2D eigenvalue weighted by atomic mass is 10.1. The molecule has 6 heteroatoms.